The standard InChI is InChI=1S/C17H21N5O3/c1-12-18-16(25-20-12)11-21-6-8-22(9-7-21)17(24)14-4-3-5-15(10-14)19-13(2)23/h3-5,10H,6-9,11H2,1-2H3,(H,19,23). The lowest BCUT2D eigenvalue weighted by atomic mass is 10.1. The van der Waals surface area contributed by atoms with Gasteiger partial charge in [0.15, 0.2) is 5.82 Å². The first kappa shape index (κ1) is 17.1. The van der Waals surface area contributed by atoms with E-state index in [1.165, 1.54) is 6.92 Å². The molecule has 1 aliphatic heterocycles. The molecule has 1 aromatic carbocycles. The van der Waals surface area contributed by atoms with Crippen LogP contribution in [0.3, 0.4) is 0 Å². The van der Waals surface area contributed by atoms with Gasteiger partial charge in [-0.3, -0.25) is 14.5 Å². The molecule has 8 heteroatoms. The minimum Gasteiger partial charge on any atom is -0.338 e. The quantitative estimate of drug-likeness (QED) is 0.899. The number of rotatable bonds is 4. The van der Waals surface area contributed by atoms with E-state index in [1.807, 2.05) is 4.90 Å². The summed E-state index contributed by atoms with van der Waals surface area (Å²) in [7, 11) is 0. The van der Waals surface area contributed by atoms with Crippen molar-refractivity contribution < 1.29 is 14.1 Å². The van der Waals surface area contributed by atoms with Crippen molar-refractivity contribution in [1.29, 1.82) is 0 Å². The first-order valence-electron chi connectivity index (χ1n) is 8.20. The van der Waals surface area contributed by atoms with Crippen molar-refractivity contribution in [2.24, 2.45) is 0 Å². The molecule has 0 radical (unpaired) electrons. The first-order valence-corrected chi connectivity index (χ1v) is 8.20. The van der Waals surface area contributed by atoms with E-state index in [0.29, 0.717) is 42.6 Å². The Morgan fingerprint density at radius 2 is 2.00 bits per heavy atom. The van der Waals surface area contributed by atoms with Gasteiger partial charge in [-0.15, -0.1) is 0 Å². The molecule has 3 rings (SSSR count). The van der Waals surface area contributed by atoms with E-state index >= 15 is 0 Å². The van der Waals surface area contributed by atoms with Crippen LogP contribution in [0.15, 0.2) is 28.8 Å². The van der Waals surface area contributed by atoms with Gasteiger partial charge in [-0.1, -0.05) is 11.2 Å². The lowest BCUT2D eigenvalue weighted by molar-refractivity contribution is -0.114. The summed E-state index contributed by atoms with van der Waals surface area (Å²) in [4.78, 5) is 32.0. The molecule has 0 bridgehead atoms. The highest BCUT2D eigenvalue weighted by molar-refractivity contribution is 5.96. The second-order valence-electron chi connectivity index (χ2n) is 6.07. The predicted octanol–water partition coefficient (Wildman–Crippen LogP) is 1.29. The Hall–Kier alpha value is -2.74. The first-order chi connectivity index (χ1) is 12.0. The number of amides is 2. The van der Waals surface area contributed by atoms with Gasteiger partial charge in [-0.2, -0.15) is 4.98 Å². The fraction of sp³-hybridized carbons (Fsp3) is 0.412. The van der Waals surface area contributed by atoms with Crippen molar-refractivity contribution in [3.63, 3.8) is 0 Å². The fourth-order valence-corrected chi connectivity index (χ4v) is 2.82. The Morgan fingerprint density at radius 3 is 2.64 bits per heavy atom. The number of carbonyl (C=O) groups excluding carboxylic acids is 2. The normalized spacial score (nSPS) is 15.2. The highest BCUT2D eigenvalue weighted by Gasteiger charge is 2.23. The van der Waals surface area contributed by atoms with Crippen LogP contribution in [0.4, 0.5) is 5.69 Å². The molecule has 8 nitrogen and oxygen atoms in total. The minimum atomic E-state index is -0.158. The molecule has 0 spiro atoms. The number of benzene rings is 1. The summed E-state index contributed by atoms with van der Waals surface area (Å²) in [6.45, 7) is 6.60. The van der Waals surface area contributed by atoms with Crippen molar-refractivity contribution in [2.45, 2.75) is 20.4 Å². The van der Waals surface area contributed by atoms with Crippen LogP contribution < -0.4 is 5.32 Å². The highest BCUT2D eigenvalue weighted by Crippen LogP contribution is 2.15. The van der Waals surface area contributed by atoms with Crippen LogP contribution in [-0.2, 0) is 11.3 Å². The van der Waals surface area contributed by atoms with Gasteiger partial charge in [-0.05, 0) is 25.1 Å². The lowest BCUT2D eigenvalue weighted by Crippen LogP contribution is -2.48. The van der Waals surface area contributed by atoms with E-state index in [4.69, 9.17) is 4.52 Å². The van der Waals surface area contributed by atoms with Crippen molar-refractivity contribution >= 4 is 17.5 Å². The molecule has 1 fully saturated rings. The number of hydrogen-bond acceptors (Lipinski definition) is 6. The predicted molar refractivity (Wildman–Crippen MR) is 91.0 cm³/mol. The van der Waals surface area contributed by atoms with Gasteiger partial charge in [0.05, 0.1) is 6.54 Å². The Labute approximate surface area is 145 Å². The average Bonchev–Trinajstić information content (AvgIpc) is 2.99. The highest BCUT2D eigenvalue weighted by atomic mass is 16.5. The summed E-state index contributed by atoms with van der Waals surface area (Å²) >= 11 is 0. The van der Waals surface area contributed by atoms with E-state index in [2.05, 4.69) is 20.4 Å². The van der Waals surface area contributed by atoms with Gasteiger partial charge < -0.3 is 14.7 Å². The van der Waals surface area contributed by atoms with Gasteiger partial charge >= 0.3 is 0 Å². The van der Waals surface area contributed by atoms with Crippen molar-refractivity contribution in [1.82, 2.24) is 19.9 Å². The van der Waals surface area contributed by atoms with E-state index in [1.54, 1.807) is 31.2 Å². The van der Waals surface area contributed by atoms with Gasteiger partial charge in [-0.25, -0.2) is 0 Å². The summed E-state index contributed by atoms with van der Waals surface area (Å²) in [5, 5.41) is 6.48. The zero-order chi connectivity index (χ0) is 17.8. The largest absolute Gasteiger partial charge is 0.338 e. The molecule has 1 aliphatic rings. The minimum absolute atomic E-state index is 0.0273. The summed E-state index contributed by atoms with van der Waals surface area (Å²) in [6.07, 6.45) is 0. The number of nitrogens with zero attached hydrogens (tertiary/aromatic N) is 4. The summed E-state index contributed by atoms with van der Waals surface area (Å²) < 4.78 is 5.14. The lowest BCUT2D eigenvalue weighted by Gasteiger charge is -2.34. The molecular formula is C17H21N5O3. The molecule has 2 amide bonds. The molecule has 1 N–H and O–H groups in total. The number of aromatic nitrogens is 2. The number of piperazine rings is 1. The van der Waals surface area contributed by atoms with E-state index < -0.39 is 0 Å². The molecule has 0 unspecified atom stereocenters. The second-order valence-corrected chi connectivity index (χ2v) is 6.07. The van der Waals surface area contributed by atoms with Gasteiger partial charge in [0.2, 0.25) is 11.8 Å². The Morgan fingerprint density at radius 1 is 1.24 bits per heavy atom. The van der Waals surface area contributed by atoms with Gasteiger partial charge in [0, 0.05) is 44.4 Å². The number of carbonyl (C=O) groups is 2. The third-order valence-electron chi connectivity index (χ3n) is 4.02. The second kappa shape index (κ2) is 7.43. The van der Waals surface area contributed by atoms with E-state index in [0.717, 1.165) is 13.1 Å². The van der Waals surface area contributed by atoms with Crippen LogP contribution in [0.1, 0.15) is 29.0 Å². The molecule has 25 heavy (non-hydrogen) atoms. The smallest absolute Gasteiger partial charge is 0.254 e. The van der Waals surface area contributed by atoms with E-state index in [-0.39, 0.29) is 11.8 Å². The van der Waals surface area contributed by atoms with E-state index in [9.17, 15) is 9.59 Å². The molecule has 132 valence electrons. The third-order valence-corrected chi connectivity index (χ3v) is 4.02. The molecule has 0 saturated carbocycles. The molecule has 2 aromatic rings. The van der Waals surface area contributed by atoms with Crippen LogP contribution in [0.5, 0.6) is 0 Å². The van der Waals surface area contributed by atoms with Gasteiger partial charge in [0.25, 0.3) is 5.91 Å². The third kappa shape index (κ3) is 4.42. The average molecular weight is 343 g/mol. The molecule has 1 saturated heterocycles. The van der Waals surface area contributed by atoms with Crippen molar-refractivity contribution in [2.75, 3.05) is 31.5 Å². The summed E-state index contributed by atoms with van der Waals surface area (Å²) in [5.41, 5.74) is 1.20. The summed E-state index contributed by atoms with van der Waals surface area (Å²) in [6, 6.07) is 7.01. The molecule has 2 heterocycles. The summed E-state index contributed by atoms with van der Waals surface area (Å²) in [5.74, 6) is 1.04. The van der Waals surface area contributed by atoms with Crippen LogP contribution in [0.25, 0.3) is 0 Å². The Balaban J connectivity index is 1.57. The van der Waals surface area contributed by atoms with Crippen molar-refractivity contribution in [3.8, 4) is 0 Å². The Kier molecular flexibility index (Phi) is 5.08. The number of nitrogens with one attached hydrogen (secondary N) is 1. The maximum Gasteiger partial charge on any atom is 0.254 e. The topological polar surface area (TPSA) is 91.6 Å². The number of hydrogen-bond donors (Lipinski definition) is 1. The van der Waals surface area contributed by atoms with Crippen LogP contribution in [0, 0.1) is 6.92 Å². The molecule has 0 aliphatic carbocycles. The molecular weight excluding hydrogens is 322 g/mol. The SMILES string of the molecule is CC(=O)Nc1cccc(C(=O)N2CCN(Cc3nc(C)no3)CC2)c1. The number of anilines is 1. The van der Waals surface area contributed by atoms with Crippen LogP contribution in [-0.4, -0.2) is 57.9 Å². The zero-order valence-electron chi connectivity index (χ0n) is 14.4. The maximum absolute atomic E-state index is 12.7. The van der Waals surface area contributed by atoms with Gasteiger partial charge in [0.1, 0.15) is 0 Å². The molecule has 0 atom stereocenters. The van der Waals surface area contributed by atoms with Crippen LogP contribution in [0.2, 0.25) is 0 Å². The van der Waals surface area contributed by atoms with Crippen molar-refractivity contribution in [3.05, 3.63) is 41.5 Å². The van der Waals surface area contributed by atoms with Crippen LogP contribution >= 0.6 is 0 Å². The fourth-order valence-electron chi connectivity index (χ4n) is 2.82. The monoisotopic (exact) mass is 343 g/mol. The molecule has 1 aromatic heterocycles. The zero-order valence-corrected chi connectivity index (χ0v) is 14.4. The Bertz CT molecular complexity index is 765. The number of aryl methyl sites for hydroxylation is 1. The maximum atomic E-state index is 12.7.